The van der Waals surface area contributed by atoms with Crippen molar-refractivity contribution >= 4 is 29.4 Å². The number of rotatable bonds is 5. The molecule has 2 heterocycles. The third-order valence-corrected chi connectivity index (χ3v) is 5.69. The van der Waals surface area contributed by atoms with Crippen LogP contribution in [-0.2, 0) is 9.59 Å². The van der Waals surface area contributed by atoms with E-state index in [1.165, 1.54) is 4.90 Å². The van der Waals surface area contributed by atoms with Gasteiger partial charge in [0.1, 0.15) is 0 Å². The molecular weight excluding hydrogens is 372 g/mol. The van der Waals surface area contributed by atoms with Crippen LogP contribution >= 0.6 is 0 Å². The molecule has 8 nitrogen and oxygen atoms in total. The molecule has 156 valence electrons. The predicted molar refractivity (Wildman–Crippen MR) is 108 cm³/mol. The van der Waals surface area contributed by atoms with Gasteiger partial charge in [-0.1, -0.05) is 26.0 Å². The summed E-state index contributed by atoms with van der Waals surface area (Å²) < 4.78 is 0. The summed E-state index contributed by atoms with van der Waals surface area (Å²) in [6.07, 6.45) is 2.21. The Bertz CT molecular complexity index is 810. The van der Waals surface area contributed by atoms with Crippen LogP contribution in [0.4, 0.5) is 10.5 Å². The van der Waals surface area contributed by atoms with Gasteiger partial charge in [0.25, 0.3) is 5.91 Å². The normalized spacial score (nSPS) is 22.3. The van der Waals surface area contributed by atoms with E-state index in [-0.39, 0.29) is 42.6 Å². The molecule has 2 fully saturated rings. The summed E-state index contributed by atoms with van der Waals surface area (Å²) in [4.78, 5) is 52.0. The Morgan fingerprint density at radius 2 is 1.93 bits per heavy atom. The molecule has 5 amide bonds. The highest BCUT2D eigenvalue weighted by atomic mass is 16.2. The number of hydrogen-bond acceptors (Lipinski definition) is 4. The fourth-order valence-corrected chi connectivity index (χ4v) is 3.98. The summed E-state index contributed by atoms with van der Waals surface area (Å²) in [5, 5.41) is 5.37. The van der Waals surface area contributed by atoms with E-state index in [0.29, 0.717) is 37.2 Å². The molecule has 8 heteroatoms. The molecular formula is C21H28N4O4. The molecule has 0 unspecified atom stereocenters. The second-order valence-electron chi connectivity index (χ2n) is 7.51. The van der Waals surface area contributed by atoms with Crippen molar-refractivity contribution in [3.05, 3.63) is 29.8 Å². The molecule has 0 aliphatic carbocycles. The maximum atomic E-state index is 13.3. The summed E-state index contributed by atoms with van der Waals surface area (Å²) in [7, 11) is 0. The Morgan fingerprint density at radius 3 is 2.62 bits per heavy atom. The average Bonchev–Trinajstić information content (AvgIpc) is 2.73. The number of para-hydroxylation sites is 1. The minimum atomic E-state index is -0.506. The first-order chi connectivity index (χ1) is 13.9. The van der Waals surface area contributed by atoms with Crippen LogP contribution in [0.2, 0.25) is 0 Å². The molecule has 29 heavy (non-hydrogen) atoms. The number of urea groups is 1. The fourth-order valence-electron chi connectivity index (χ4n) is 3.98. The molecule has 2 N–H and O–H groups in total. The lowest BCUT2D eigenvalue weighted by atomic mass is 9.89. The lowest BCUT2D eigenvalue weighted by Gasteiger charge is -2.39. The molecule has 3 rings (SSSR count). The predicted octanol–water partition coefficient (Wildman–Crippen LogP) is 1.90. The zero-order chi connectivity index (χ0) is 21.0. The largest absolute Gasteiger partial charge is 0.353 e. The summed E-state index contributed by atoms with van der Waals surface area (Å²) in [6.45, 7) is 5.24. The number of hydrogen-bond donors (Lipinski definition) is 2. The van der Waals surface area contributed by atoms with E-state index in [1.54, 1.807) is 29.2 Å². The highest BCUT2D eigenvalue weighted by Gasteiger charge is 2.34. The summed E-state index contributed by atoms with van der Waals surface area (Å²) in [5.41, 5.74) is 0.958. The quantitative estimate of drug-likeness (QED) is 0.789. The molecule has 2 aliphatic rings. The van der Waals surface area contributed by atoms with E-state index in [9.17, 15) is 19.2 Å². The number of benzene rings is 1. The smallest absolute Gasteiger partial charge is 0.328 e. The average molecular weight is 400 g/mol. The number of anilines is 1. The van der Waals surface area contributed by atoms with Crippen LogP contribution in [0.3, 0.4) is 0 Å². The number of piperidine rings is 1. The van der Waals surface area contributed by atoms with Crippen LogP contribution in [0.1, 0.15) is 49.9 Å². The number of carbonyl (C=O) groups is 4. The molecule has 2 aliphatic heterocycles. The van der Waals surface area contributed by atoms with E-state index >= 15 is 0 Å². The zero-order valence-corrected chi connectivity index (χ0v) is 16.9. The molecule has 0 saturated carbocycles. The van der Waals surface area contributed by atoms with Crippen molar-refractivity contribution < 1.29 is 19.2 Å². The Labute approximate surface area is 170 Å². The van der Waals surface area contributed by atoms with Gasteiger partial charge >= 0.3 is 6.03 Å². The first kappa shape index (κ1) is 20.8. The number of amides is 5. The van der Waals surface area contributed by atoms with Crippen molar-refractivity contribution in [2.75, 3.05) is 24.5 Å². The zero-order valence-electron chi connectivity index (χ0n) is 16.9. The Balaban J connectivity index is 1.77. The van der Waals surface area contributed by atoms with Crippen LogP contribution in [0.25, 0.3) is 0 Å². The van der Waals surface area contributed by atoms with E-state index < -0.39 is 6.03 Å². The second kappa shape index (κ2) is 9.07. The van der Waals surface area contributed by atoms with E-state index in [4.69, 9.17) is 0 Å². The molecule has 0 bridgehead atoms. The highest BCUT2D eigenvalue weighted by Crippen LogP contribution is 2.27. The first-order valence-electron chi connectivity index (χ1n) is 10.2. The van der Waals surface area contributed by atoms with E-state index in [1.807, 2.05) is 6.92 Å². The van der Waals surface area contributed by atoms with Crippen LogP contribution in [0, 0.1) is 5.92 Å². The number of nitrogens with one attached hydrogen (secondary N) is 2. The third-order valence-electron chi connectivity index (χ3n) is 5.69. The lowest BCUT2D eigenvalue weighted by Crippen LogP contribution is -2.53. The molecule has 2 saturated heterocycles. The third kappa shape index (κ3) is 4.58. The van der Waals surface area contributed by atoms with Gasteiger partial charge in [0.05, 0.1) is 11.3 Å². The molecule has 0 radical (unpaired) electrons. The Hall–Kier alpha value is -2.90. The van der Waals surface area contributed by atoms with Gasteiger partial charge in [-0.15, -0.1) is 0 Å². The van der Waals surface area contributed by atoms with Crippen LogP contribution < -0.4 is 15.5 Å². The van der Waals surface area contributed by atoms with Gasteiger partial charge in [0.2, 0.25) is 11.8 Å². The summed E-state index contributed by atoms with van der Waals surface area (Å²) in [5.74, 6) is -0.225. The van der Waals surface area contributed by atoms with Crippen molar-refractivity contribution in [1.82, 2.24) is 15.5 Å². The van der Waals surface area contributed by atoms with Gasteiger partial charge in [-0.3, -0.25) is 24.6 Å². The van der Waals surface area contributed by atoms with Gasteiger partial charge in [-0.05, 0) is 30.9 Å². The van der Waals surface area contributed by atoms with Crippen LogP contribution in [-0.4, -0.2) is 54.3 Å². The van der Waals surface area contributed by atoms with E-state index in [0.717, 1.165) is 6.42 Å². The summed E-state index contributed by atoms with van der Waals surface area (Å²) in [6, 6.07) is 6.56. The van der Waals surface area contributed by atoms with Crippen molar-refractivity contribution in [3.63, 3.8) is 0 Å². The summed E-state index contributed by atoms with van der Waals surface area (Å²) >= 11 is 0. The fraction of sp³-hybridized carbons (Fsp3) is 0.524. The monoisotopic (exact) mass is 400 g/mol. The topological polar surface area (TPSA) is 98.8 Å². The van der Waals surface area contributed by atoms with Crippen molar-refractivity contribution in [1.29, 1.82) is 0 Å². The van der Waals surface area contributed by atoms with Crippen molar-refractivity contribution in [3.8, 4) is 0 Å². The molecule has 0 aromatic heterocycles. The van der Waals surface area contributed by atoms with Gasteiger partial charge in [0, 0.05) is 38.5 Å². The second-order valence-corrected chi connectivity index (χ2v) is 7.51. The van der Waals surface area contributed by atoms with Gasteiger partial charge in [0.15, 0.2) is 0 Å². The van der Waals surface area contributed by atoms with Gasteiger partial charge < -0.3 is 10.2 Å². The maximum absolute atomic E-state index is 13.3. The highest BCUT2D eigenvalue weighted by molar-refractivity contribution is 6.09. The Morgan fingerprint density at radius 1 is 1.17 bits per heavy atom. The molecule has 2 atom stereocenters. The number of nitrogens with zero attached hydrogens (tertiary/aromatic N) is 2. The SMILES string of the molecule is CCC(=O)N[C@H]1CCN(C(=O)c2ccccc2N2CCC(=O)NC2=O)C[C@H]1CC. The van der Waals surface area contributed by atoms with E-state index in [2.05, 4.69) is 17.6 Å². The maximum Gasteiger partial charge on any atom is 0.328 e. The van der Waals surface area contributed by atoms with Crippen LogP contribution in [0.15, 0.2) is 24.3 Å². The van der Waals surface area contributed by atoms with Gasteiger partial charge in [-0.25, -0.2) is 4.79 Å². The molecule has 1 aromatic carbocycles. The van der Waals surface area contributed by atoms with Gasteiger partial charge in [-0.2, -0.15) is 0 Å². The van der Waals surface area contributed by atoms with Crippen LogP contribution in [0.5, 0.6) is 0 Å². The number of imide groups is 1. The minimum Gasteiger partial charge on any atom is -0.353 e. The van der Waals surface area contributed by atoms with Crippen molar-refractivity contribution in [2.24, 2.45) is 5.92 Å². The number of likely N-dealkylation sites (tertiary alicyclic amines) is 1. The lowest BCUT2D eigenvalue weighted by molar-refractivity contribution is -0.122. The first-order valence-corrected chi connectivity index (χ1v) is 10.2. The molecule has 1 aromatic rings. The Kier molecular flexibility index (Phi) is 6.51. The minimum absolute atomic E-state index is 0.0317. The number of carbonyl (C=O) groups excluding carboxylic acids is 4. The van der Waals surface area contributed by atoms with Crippen molar-refractivity contribution in [2.45, 2.75) is 45.6 Å². The molecule has 0 spiro atoms. The standard InChI is InChI=1S/C21H28N4O4/c1-3-14-13-24(11-9-16(14)22-18(26)4-2)20(28)15-7-5-6-8-17(15)25-12-10-19(27)23-21(25)29/h5-8,14,16H,3-4,9-13H2,1-2H3,(H,22,26)(H,23,27,29)/t14-,16+/m1/s1.